The van der Waals surface area contributed by atoms with E-state index in [1.165, 1.54) is 0 Å². The zero-order valence-corrected chi connectivity index (χ0v) is 7.66. The number of pyridine rings is 1. The third kappa shape index (κ3) is 1.95. The van der Waals surface area contributed by atoms with E-state index in [0.29, 0.717) is 0 Å². The second kappa shape index (κ2) is 4.07. The second-order valence-electron chi connectivity index (χ2n) is 2.63. The molecule has 1 unspecified atom stereocenters. The number of rotatable bonds is 3. The summed E-state index contributed by atoms with van der Waals surface area (Å²) >= 11 is 0. The molecule has 0 aromatic carbocycles. The van der Waals surface area contributed by atoms with Crippen LogP contribution in [0.2, 0.25) is 0 Å². The molecule has 66 valence electrons. The maximum atomic E-state index is 5.08. The first-order valence-corrected chi connectivity index (χ1v) is 3.95. The Morgan fingerprint density at radius 2 is 2.33 bits per heavy atom. The van der Waals surface area contributed by atoms with Gasteiger partial charge in [0.25, 0.3) is 0 Å². The van der Waals surface area contributed by atoms with Gasteiger partial charge in [-0.3, -0.25) is 4.98 Å². The van der Waals surface area contributed by atoms with E-state index in [1.54, 1.807) is 13.3 Å². The standard InChI is InChI=1S/C9H14N2O/c1-7(10-2)9-6-8(12-3)4-5-11-9/h4-7,10H,1-3H3. The Kier molecular flexibility index (Phi) is 3.05. The number of methoxy groups -OCH3 is 1. The number of hydrogen-bond donors (Lipinski definition) is 1. The first-order valence-electron chi connectivity index (χ1n) is 3.95. The Bertz CT molecular complexity index is 250. The lowest BCUT2D eigenvalue weighted by molar-refractivity contribution is 0.412. The smallest absolute Gasteiger partial charge is 0.122 e. The Labute approximate surface area is 72.8 Å². The van der Waals surface area contributed by atoms with Crippen LogP contribution in [0.5, 0.6) is 5.75 Å². The highest BCUT2D eigenvalue weighted by Gasteiger charge is 2.03. The molecule has 0 fully saturated rings. The Morgan fingerprint density at radius 3 is 2.92 bits per heavy atom. The molecule has 0 aliphatic carbocycles. The summed E-state index contributed by atoms with van der Waals surface area (Å²) in [6, 6.07) is 4.03. The van der Waals surface area contributed by atoms with E-state index in [1.807, 2.05) is 19.2 Å². The van der Waals surface area contributed by atoms with E-state index < -0.39 is 0 Å². The van der Waals surface area contributed by atoms with Gasteiger partial charge in [0, 0.05) is 18.3 Å². The van der Waals surface area contributed by atoms with Gasteiger partial charge in [-0.15, -0.1) is 0 Å². The van der Waals surface area contributed by atoms with E-state index >= 15 is 0 Å². The van der Waals surface area contributed by atoms with Crippen molar-refractivity contribution < 1.29 is 4.74 Å². The van der Waals surface area contributed by atoms with Crippen LogP contribution in [0.15, 0.2) is 18.3 Å². The fourth-order valence-corrected chi connectivity index (χ4v) is 0.940. The number of aromatic nitrogens is 1. The Hall–Kier alpha value is -1.09. The number of nitrogens with one attached hydrogen (secondary N) is 1. The van der Waals surface area contributed by atoms with Gasteiger partial charge in [0.15, 0.2) is 0 Å². The first kappa shape index (κ1) is 9.00. The van der Waals surface area contributed by atoms with E-state index in [9.17, 15) is 0 Å². The average Bonchev–Trinajstić information content (AvgIpc) is 2.17. The largest absolute Gasteiger partial charge is 0.497 e. The zero-order chi connectivity index (χ0) is 8.97. The van der Waals surface area contributed by atoms with Gasteiger partial charge in [0.05, 0.1) is 12.8 Å². The van der Waals surface area contributed by atoms with Crippen LogP contribution < -0.4 is 10.1 Å². The average molecular weight is 166 g/mol. The molecule has 3 nitrogen and oxygen atoms in total. The van der Waals surface area contributed by atoms with Gasteiger partial charge in [-0.25, -0.2) is 0 Å². The molecule has 0 radical (unpaired) electrons. The van der Waals surface area contributed by atoms with E-state index in [4.69, 9.17) is 4.74 Å². The molecule has 3 heteroatoms. The van der Waals surface area contributed by atoms with Crippen molar-refractivity contribution in [2.75, 3.05) is 14.2 Å². The van der Waals surface area contributed by atoms with Crippen molar-refractivity contribution in [3.05, 3.63) is 24.0 Å². The van der Waals surface area contributed by atoms with Gasteiger partial charge in [-0.2, -0.15) is 0 Å². The van der Waals surface area contributed by atoms with Crippen molar-refractivity contribution in [2.45, 2.75) is 13.0 Å². The Balaban J connectivity index is 2.86. The van der Waals surface area contributed by atoms with Crippen LogP contribution in [0, 0.1) is 0 Å². The summed E-state index contributed by atoms with van der Waals surface area (Å²) in [4.78, 5) is 4.22. The summed E-state index contributed by atoms with van der Waals surface area (Å²) in [6.45, 7) is 2.06. The van der Waals surface area contributed by atoms with Crippen molar-refractivity contribution in [1.82, 2.24) is 10.3 Å². The van der Waals surface area contributed by atoms with Gasteiger partial charge >= 0.3 is 0 Å². The molecule has 0 aliphatic rings. The summed E-state index contributed by atoms with van der Waals surface area (Å²) in [5.41, 5.74) is 0.997. The van der Waals surface area contributed by atoms with Crippen LogP contribution in [0.3, 0.4) is 0 Å². The van der Waals surface area contributed by atoms with Gasteiger partial charge in [-0.1, -0.05) is 0 Å². The van der Waals surface area contributed by atoms with Gasteiger partial charge in [0.2, 0.25) is 0 Å². The van der Waals surface area contributed by atoms with Gasteiger partial charge < -0.3 is 10.1 Å². The lowest BCUT2D eigenvalue weighted by Gasteiger charge is -2.09. The van der Waals surface area contributed by atoms with E-state index in [0.717, 1.165) is 11.4 Å². The van der Waals surface area contributed by atoms with E-state index in [2.05, 4.69) is 17.2 Å². The fourth-order valence-electron chi connectivity index (χ4n) is 0.940. The second-order valence-corrected chi connectivity index (χ2v) is 2.63. The van der Waals surface area contributed by atoms with Crippen LogP contribution in [-0.2, 0) is 0 Å². The summed E-state index contributed by atoms with van der Waals surface area (Å²) in [7, 11) is 3.56. The molecule has 0 bridgehead atoms. The van der Waals surface area contributed by atoms with Crippen molar-refractivity contribution >= 4 is 0 Å². The molecule has 1 atom stereocenters. The fraction of sp³-hybridized carbons (Fsp3) is 0.444. The van der Waals surface area contributed by atoms with Crippen LogP contribution >= 0.6 is 0 Å². The lowest BCUT2D eigenvalue weighted by Crippen LogP contribution is -2.13. The number of hydrogen-bond acceptors (Lipinski definition) is 3. The quantitative estimate of drug-likeness (QED) is 0.736. The van der Waals surface area contributed by atoms with Crippen molar-refractivity contribution in [3.8, 4) is 5.75 Å². The van der Waals surface area contributed by atoms with Gasteiger partial charge in [-0.05, 0) is 20.0 Å². The zero-order valence-electron chi connectivity index (χ0n) is 7.66. The SMILES string of the molecule is CNC(C)c1cc(OC)ccn1. The molecule has 0 spiro atoms. The van der Waals surface area contributed by atoms with Crippen LogP contribution in [-0.4, -0.2) is 19.1 Å². The molecule has 1 heterocycles. The normalized spacial score (nSPS) is 12.6. The first-order chi connectivity index (χ1) is 5.77. The predicted molar refractivity (Wildman–Crippen MR) is 48.3 cm³/mol. The Morgan fingerprint density at radius 1 is 1.58 bits per heavy atom. The monoisotopic (exact) mass is 166 g/mol. The van der Waals surface area contributed by atoms with Crippen molar-refractivity contribution in [2.24, 2.45) is 0 Å². The van der Waals surface area contributed by atoms with E-state index in [-0.39, 0.29) is 6.04 Å². The highest BCUT2D eigenvalue weighted by Crippen LogP contribution is 2.15. The van der Waals surface area contributed by atoms with Crippen LogP contribution in [0.4, 0.5) is 0 Å². The molecule has 0 aliphatic heterocycles. The van der Waals surface area contributed by atoms with Crippen molar-refractivity contribution in [1.29, 1.82) is 0 Å². The van der Waals surface area contributed by atoms with Crippen LogP contribution in [0.25, 0.3) is 0 Å². The molecule has 1 aromatic heterocycles. The lowest BCUT2D eigenvalue weighted by atomic mass is 10.2. The highest BCUT2D eigenvalue weighted by molar-refractivity contribution is 5.23. The molecule has 0 amide bonds. The maximum absolute atomic E-state index is 5.08. The number of nitrogens with zero attached hydrogens (tertiary/aromatic N) is 1. The molecule has 1 N–H and O–H groups in total. The third-order valence-corrected chi connectivity index (χ3v) is 1.86. The van der Waals surface area contributed by atoms with Crippen molar-refractivity contribution in [3.63, 3.8) is 0 Å². The summed E-state index contributed by atoms with van der Waals surface area (Å²) in [5, 5.41) is 3.11. The highest BCUT2D eigenvalue weighted by atomic mass is 16.5. The molecular weight excluding hydrogens is 152 g/mol. The molecule has 0 saturated heterocycles. The minimum atomic E-state index is 0.264. The maximum Gasteiger partial charge on any atom is 0.122 e. The molecule has 0 saturated carbocycles. The predicted octanol–water partition coefficient (Wildman–Crippen LogP) is 1.37. The topological polar surface area (TPSA) is 34.1 Å². The summed E-state index contributed by atoms with van der Waals surface area (Å²) in [6.07, 6.45) is 1.75. The summed E-state index contributed by atoms with van der Waals surface area (Å²) in [5.74, 6) is 0.849. The van der Waals surface area contributed by atoms with Crippen LogP contribution in [0.1, 0.15) is 18.7 Å². The minimum absolute atomic E-state index is 0.264. The minimum Gasteiger partial charge on any atom is -0.497 e. The molecule has 12 heavy (non-hydrogen) atoms. The van der Waals surface area contributed by atoms with Gasteiger partial charge in [0.1, 0.15) is 5.75 Å². The molecular formula is C9H14N2O. The summed E-state index contributed by atoms with van der Waals surface area (Å²) < 4.78 is 5.08. The molecule has 1 rings (SSSR count). The third-order valence-electron chi connectivity index (χ3n) is 1.86. The number of ether oxygens (including phenoxy) is 1. The molecule has 1 aromatic rings.